The average Bonchev–Trinajstić information content (AvgIpc) is 2.76. The lowest BCUT2D eigenvalue weighted by molar-refractivity contribution is 0.726. The summed E-state index contributed by atoms with van der Waals surface area (Å²) in [5.41, 5.74) is 0.682. The standard InChI is InChI=1S/C9H9Cl2N5/c10-8-5-7(9(11)15-14-8)13-2-4-16-3-1-12-6-16/h1,3,5-6H,2,4H2,(H,13,14). The van der Waals surface area contributed by atoms with Gasteiger partial charge in [0.1, 0.15) is 0 Å². The van der Waals surface area contributed by atoms with Gasteiger partial charge in [-0.2, -0.15) is 0 Å². The molecule has 0 aliphatic rings. The minimum absolute atomic E-state index is 0.314. The summed E-state index contributed by atoms with van der Waals surface area (Å²) < 4.78 is 1.96. The van der Waals surface area contributed by atoms with Gasteiger partial charge in [-0.3, -0.25) is 0 Å². The van der Waals surface area contributed by atoms with Crippen molar-refractivity contribution in [3.05, 3.63) is 35.1 Å². The summed E-state index contributed by atoms with van der Waals surface area (Å²) in [6, 6.07) is 1.64. The van der Waals surface area contributed by atoms with Crippen molar-refractivity contribution in [2.45, 2.75) is 6.54 Å². The summed E-state index contributed by atoms with van der Waals surface area (Å²) in [5, 5.41) is 11.1. The van der Waals surface area contributed by atoms with E-state index >= 15 is 0 Å². The molecular weight excluding hydrogens is 249 g/mol. The van der Waals surface area contributed by atoms with E-state index in [9.17, 15) is 0 Å². The number of aromatic nitrogens is 4. The normalized spacial score (nSPS) is 10.4. The molecule has 2 heterocycles. The second-order valence-electron chi connectivity index (χ2n) is 3.10. The Hall–Kier alpha value is -1.33. The van der Waals surface area contributed by atoms with Crippen molar-refractivity contribution >= 4 is 28.9 Å². The summed E-state index contributed by atoms with van der Waals surface area (Å²) in [5.74, 6) is 0. The number of nitrogens with zero attached hydrogens (tertiary/aromatic N) is 4. The van der Waals surface area contributed by atoms with E-state index in [1.54, 1.807) is 18.6 Å². The van der Waals surface area contributed by atoms with Crippen LogP contribution in [0.15, 0.2) is 24.8 Å². The minimum Gasteiger partial charge on any atom is -0.381 e. The summed E-state index contributed by atoms with van der Waals surface area (Å²) in [6.45, 7) is 1.49. The molecule has 0 aliphatic heterocycles. The molecule has 0 radical (unpaired) electrons. The smallest absolute Gasteiger partial charge is 0.174 e. The van der Waals surface area contributed by atoms with Crippen LogP contribution in [-0.2, 0) is 6.54 Å². The highest BCUT2D eigenvalue weighted by Crippen LogP contribution is 2.20. The molecule has 0 aliphatic carbocycles. The van der Waals surface area contributed by atoms with E-state index in [0.29, 0.717) is 22.5 Å². The van der Waals surface area contributed by atoms with Crippen molar-refractivity contribution in [1.82, 2.24) is 19.7 Å². The molecule has 0 aromatic carbocycles. The fourth-order valence-corrected chi connectivity index (χ4v) is 1.52. The summed E-state index contributed by atoms with van der Waals surface area (Å²) in [4.78, 5) is 3.95. The van der Waals surface area contributed by atoms with Gasteiger partial charge in [-0.1, -0.05) is 23.2 Å². The zero-order chi connectivity index (χ0) is 11.4. The van der Waals surface area contributed by atoms with Crippen LogP contribution in [-0.4, -0.2) is 26.3 Å². The molecule has 1 N–H and O–H groups in total. The highest BCUT2D eigenvalue weighted by molar-refractivity contribution is 6.33. The van der Waals surface area contributed by atoms with Crippen LogP contribution in [0.4, 0.5) is 5.69 Å². The van der Waals surface area contributed by atoms with Crippen LogP contribution in [0.3, 0.4) is 0 Å². The number of halogens is 2. The van der Waals surface area contributed by atoms with E-state index in [4.69, 9.17) is 23.2 Å². The third-order valence-electron chi connectivity index (χ3n) is 1.96. The number of rotatable bonds is 4. The number of hydrogen-bond acceptors (Lipinski definition) is 4. The lowest BCUT2D eigenvalue weighted by Gasteiger charge is -2.07. The van der Waals surface area contributed by atoms with Crippen LogP contribution in [0.2, 0.25) is 10.3 Å². The maximum atomic E-state index is 5.84. The topological polar surface area (TPSA) is 55.6 Å². The molecule has 0 fully saturated rings. The van der Waals surface area contributed by atoms with Crippen molar-refractivity contribution in [2.75, 3.05) is 11.9 Å². The van der Waals surface area contributed by atoms with Crippen LogP contribution in [0, 0.1) is 0 Å². The Morgan fingerprint density at radius 1 is 1.31 bits per heavy atom. The summed E-state index contributed by atoms with van der Waals surface area (Å²) >= 11 is 11.6. The molecule has 0 amide bonds. The molecule has 84 valence electrons. The first kappa shape index (κ1) is 11.2. The Kier molecular flexibility index (Phi) is 3.58. The number of imidazole rings is 1. The highest BCUT2D eigenvalue weighted by Gasteiger charge is 2.02. The third kappa shape index (κ3) is 2.84. The molecule has 2 aromatic heterocycles. The van der Waals surface area contributed by atoms with Crippen molar-refractivity contribution < 1.29 is 0 Å². The molecule has 2 aromatic rings. The zero-order valence-electron chi connectivity index (χ0n) is 8.27. The highest BCUT2D eigenvalue weighted by atomic mass is 35.5. The van der Waals surface area contributed by atoms with Gasteiger partial charge >= 0.3 is 0 Å². The largest absolute Gasteiger partial charge is 0.381 e. The van der Waals surface area contributed by atoms with Crippen LogP contribution >= 0.6 is 23.2 Å². The van der Waals surface area contributed by atoms with Gasteiger partial charge in [0.05, 0.1) is 12.0 Å². The number of anilines is 1. The van der Waals surface area contributed by atoms with E-state index in [1.807, 2.05) is 10.8 Å². The zero-order valence-corrected chi connectivity index (χ0v) is 9.78. The molecule has 0 saturated heterocycles. The molecule has 0 unspecified atom stereocenters. The van der Waals surface area contributed by atoms with E-state index in [-0.39, 0.29) is 0 Å². The number of nitrogens with one attached hydrogen (secondary N) is 1. The van der Waals surface area contributed by atoms with Gasteiger partial charge in [0, 0.05) is 31.5 Å². The van der Waals surface area contributed by atoms with Crippen molar-refractivity contribution in [3.8, 4) is 0 Å². The van der Waals surface area contributed by atoms with Crippen LogP contribution in [0.5, 0.6) is 0 Å². The SMILES string of the molecule is Clc1cc(NCCn2ccnc2)c(Cl)nn1. The molecule has 2 rings (SSSR count). The molecule has 0 atom stereocenters. The Labute approximate surface area is 102 Å². The van der Waals surface area contributed by atoms with Gasteiger partial charge in [-0.25, -0.2) is 4.98 Å². The molecule has 0 saturated carbocycles. The Morgan fingerprint density at radius 3 is 2.94 bits per heavy atom. The van der Waals surface area contributed by atoms with Gasteiger partial charge in [0.2, 0.25) is 0 Å². The predicted octanol–water partition coefficient (Wildman–Crippen LogP) is 2.09. The first-order chi connectivity index (χ1) is 7.75. The molecule has 7 heteroatoms. The monoisotopic (exact) mass is 257 g/mol. The Morgan fingerprint density at radius 2 is 2.19 bits per heavy atom. The van der Waals surface area contributed by atoms with E-state index < -0.39 is 0 Å². The van der Waals surface area contributed by atoms with Gasteiger partial charge in [-0.15, -0.1) is 10.2 Å². The quantitative estimate of drug-likeness (QED) is 0.912. The second-order valence-corrected chi connectivity index (χ2v) is 3.84. The van der Waals surface area contributed by atoms with E-state index in [0.717, 1.165) is 6.54 Å². The van der Waals surface area contributed by atoms with Crippen LogP contribution in [0.25, 0.3) is 0 Å². The first-order valence-electron chi connectivity index (χ1n) is 4.64. The summed E-state index contributed by atoms with van der Waals surface area (Å²) in [7, 11) is 0. The molecule has 16 heavy (non-hydrogen) atoms. The molecular formula is C9H9Cl2N5. The maximum Gasteiger partial charge on any atom is 0.174 e. The van der Waals surface area contributed by atoms with Gasteiger partial charge < -0.3 is 9.88 Å². The third-order valence-corrected chi connectivity index (χ3v) is 2.43. The minimum atomic E-state index is 0.314. The average molecular weight is 258 g/mol. The predicted molar refractivity (Wildman–Crippen MR) is 62.8 cm³/mol. The fourth-order valence-electron chi connectivity index (χ4n) is 1.22. The molecule has 5 nitrogen and oxygen atoms in total. The van der Waals surface area contributed by atoms with Crippen LogP contribution in [0.1, 0.15) is 0 Å². The van der Waals surface area contributed by atoms with Gasteiger partial charge in [-0.05, 0) is 0 Å². The fraction of sp³-hybridized carbons (Fsp3) is 0.222. The van der Waals surface area contributed by atoms with Crippen molar-refractivity contribution in [2.24, 2.45) is 0 Å². The lowest BCUT2D eigenvalue weighted by Crippen LogP contribution is -2.10. The molecule has 0 spiro atoms. The maximum absolute atomic E-state index is 5.84. The van der Waals surface area contributed by atoms with Gasteiger partial charge in [0.25, 0.3) is 0 Å². The van der Waals surface area contributed by atoms with E-state index in [2.05, 4.69) is 20.5 Å². The van der Waals surface area contributed by atoms with Crippen molar-refractivity contribution in [1.29, 1.82) is 0 Å². The second kappa shape index (κ2) is 5.14. The van der Waals surface area contributed by atoms with Crippen LogP contribution < -0.4 is 5.32 Å². The molecule has 0 bridgehead atoms. The number of hydrogen-bond donors (Lipinski definition) is 1. The van der Waals surface area contributed by atoms with Crippen molar-refractivity contribution in [3.63, 3.8) is 0 Å². The summed E-state index contributed by atoms with van der Waals surface area (Å²) in [6.07, 6.45) is 5.37. The van der Waals surface area contributed by atoms with Gasteiger partial charge in [0.15, 0.2) is 10.3 Å². The first-order valence-corrected chi connectivity index (χ1v) is 5.39. The Balaban J connectivity index is 1.92. The lowest BCUT2D eigenvalue weighted by atomic mass is 10.4. The Bertz CT molecular complexity index is 457. The van der Waals surface area contributed by atoms with E-state index in [1.165, 1.54) is 0 Å².